The molecule has 1 aliphatic rings. The lowest BCUT2D eigenvalue weighted by Crippen LogP contribution is -2.57. The number of hydrogen-bond acceptors (Lipinski definition) is 4. The monoisotopic (exact) mass is 243 g/mol. The second-order valence-electron chi connectivity index (χ2n) is 5.28. The van der Waals surface area contributed by atoms with Gasteiger partial charge in [0.15, 0.2) is 0 Å². The lowest BCUT2D eigenvalue weighted by atomic mass is 9.87. The second kappa shape index (κ2) is 7.31. The van der Waals surface area contributed by atoms with Gasteiger partial charge in [-0.3, -0.25) is 4.90 Å². The fraction of sp³-hybridized carbons (Fsp3) is 1.00. The summed E-state index contributed by atoms with van der Waals surface area (Å²) in [5.41, 5.74) is 6.23. The van der Waals surface area contributed by atoms with Gasteiger partial charge in [0.05, 0.1) is 0 Å². The van der Waals surface area contributed by atoms with Crippen molar-refractivity contribution in [2.24, 2.45) is 5.73 Å². The minimum atomic E-state index is 0.194. The van der Waals surface area contributed by atoms with Gasteiger partial charge in [-0.15, -0.1) is 0 Å². The van der Waals surface area contributed by atoms with Crippen LogP contribution >= 0.6 is 0 Å². The molecule has 0 atom stereocenters. The Labute approximate surface area is 106 Å². The standard InChI is InChI=1S/C13H29N3O/c1-4-16(9-5-8-15(2)3)13(12-14)6-10-17-11-7-13/h4-12,14H2,1-3H3. The van der Waals surface area contributed by atoms with E-state index in [0.29, 0.717) is 0 Å². The maximum atomic E-state index is 6.04. The van der Waals surface area contributed by atoms with Crippen LogP contribution in [0.25, 0.3) is 0 Å². The fourth-order valence-electron chi connectivity index (χ4n) is 2.71. The number of nitrogens with two attached hydrogens (primary N) is 1. The van der Waals surface area contributed by atoms with Gasteiger partial charge in [0.25, 0.3) is 0 Å². The lowest BCUT2D eigenvalue weighted by molar-refractivity contribution is -0.0230. The minimum absolute atomic E-state index is 0.194. The number of rotatable bonds is 7. The number of likely N-dealkylation sites (N-methyl/N-ethyl adjacent to an activating group) is 1. The molecule has 0 unspecified atom stereocenters. The molecule has 0 aliphatic carbocycles. The predicted octanol–water partition coefficient (Wildman–Crippen LogP) is 0.768. The molecule has 0 amide bonds. The molecule has 0 aromatic rings. The van der Waals surface area contributed by atoms with Gasteiger partial charge in [0.1, 0.15) is 0 Å². The summed E-state index contributed by atoms with van der Waals surface area (Å²) in [6.45, 7) is 8.10. The van der Waals surface area contributed by atoms with Crippen LogP contribution in [0, 0.1) is 0 Å². The maximum absolute atomic E-state index is 6.04. The second-order valence-corrected chi connectivity index (χ2v) is 5.28. The molecule has 102 valence electrons. The highest BCUT2D eigenvalue weighted by Gasteiger charge is 2.36. The summed E-state index contributed by atoms with van der Waals surface area (Å²) in [5.74, 6) is 0. The Morgan fingerprint density at radius 3 is 2.29 bits per heavy atom. The number of nitrogens with zero attached hydrogens (tertiary/aromatic N) is 2. The summed E-state index contributed by atoms with van der Waals surface area (Å²) in [5, 5.41) is 0. The van der Waals surface area contributed by atoms with Crippen molar-refractivity contribution in [3.05, 3.63) is 0 Å². The van der Waals surface area contributed by atoms with Crippen molar-refractivity contribution >= 4 is 0 Å². The molecule has 0 saturated carbocycles. The molecule has 0 bridgehead atoms. The average Bonchev–Trinajstić information content (AvgIpc) is 2.35. The molecule has 4 nitrogen and oxygen atoms in total. The zero-order chi connectivity index (χ0) is 12.7. The van der Waals surface area contributed by atoms with Crippen molar-refractivity contribution in [2.45, 2.75) is 31.7 Å². The van der Waals surface area contributed by atoms with E-state index in [2.05, 4.69) is 30.8 Å². The molecule has 0 aromatic carbocycles. The van der Waals surface area contributed by atoms with Gasteiger partial charge < -0.3 is 15.4 Å². The Hall–Kier alpha value is -0.160. The quantitative estimate of drug-likeness (QED) is 0.717. The highest BCUT2D eigenvalue weighted by molar-refractivity contribution is 4.93. The molecule has 1 fully saturated rings. The van der Waals surface area contributed by atoms with E-state index in [0.717, 1.165) is 52.2 Å². The van der Waals surface area contributed by atoms with Gasteiger partial charge >= 0.3 is 0 Å². The zero-order valence-corrected chi connectivity index (χ0v) is 11.7. The third kappa shape index (κ3) is 4.21. The summed E-state index contributed by atoms with van der Waals surface area (Å²) >= 11 is 0. The van der Waals surface area contributed by atoms with Gasteiger partial charge in [-0.2, -0.15) is 0 Å². The number of ether oxygens (including phenoxy) is 1. The van der Waals surface area contributed by atoms with Gasteiger partial charge in [0, 0.05) is 25.3 Å². The molecule has 1 saturated heterocycles. The van der Waals surface area contributed by atoms with Crippen LogP contribution in [0.1, 0.15) is 26.2 Å². The average molecular weight is 243 g/mol. The van der Waals surface area contributed by atoms with E-state index in [1.165, 1.54) is 6.42 Å². The summed E-state index contributed by atoms with van der Waals surface area (Å²) in [6, 6.07) is 0. The third-order valence-electron chi connectivity index (χ3n) is 3.89. The van der Waals surface area contributed by atoms with Gasteiger partial charge in [-0.25, -0.2) is 0 Å². The Kier molecular flexibility index (Phi) is 6.41. The van der Waals surface area contributed by atoms with E-state index >= 15 is 0 Å². The number of hydrogen-bond donors (Lipinski definition) is 1. The molecule has 0 spiro atoms. The third-order valence-corrected chi connectivity index (χ3v) is 3.89. The van der Waals surface area contributed by atoms with Gasteiger partial charge in [-0.1, -0.05) is 6.92 Å². The highest BCUT2D eigenvalue weighted by Crippen LogP contribution is 2.27. The first-order valence-electron chi connectivity index (χ1n) is 6.82. The SMILES string of the molecule is CCN(CCCN(C)C)C1(CN)CCOCC1. The maximum Gasteiger partial charge on any atom is 0.0484 e. The molecule has 1 heterocycles. The summed E-state index contributed by atoms with van der Waals surface area (Å²) in [4.78, 5) is 4.81. The first kappa shape index (κ1) is 14.9. The van der Waals surface area contributed by atoms with Gasteiger partial charge in [0.2, 0.25) is 0 Å². The normalized spacial score (nSPS) is 20.1. The summed E-state index contributed by atoms with van der Waals surface area (Å²) in [7, 11) is 4.26. The Morgan fingerprint density at radius 2 is 1.82 bits per heavy atom. The molecule has 0 aromatic heterocycles. The van der Waals surface area contributed by atoms with Crippen LogP contribution in [-0.2, 0) is 4.74 Å². The largest absolute Gasteiger partial charge is 0.381 e. The molecular formula is C13H29N3O. The highest BCUT2D eigenvalue weighted by atomic mass is 16.5. The van der Waals surface area contributed by atoms with Crippen LogP contribution in [0.2, 0.25) is 0 Å². The molecule has 4 heteroatoms. The molecule has 17 heavy (non-hydrogen) atoms. The van der Waals surface area contributed by atoms with Crippen LogP contribution in [0.15, 0.2) is 0 Å². The van der Waals surface area contributed by atoms with Crippen LogP contribution in [0.4, 0.5) is 0 Å². The molecular weight excluding hydrogens is 214 g/mol. The molecule has 2 N–H and O–H groups in total. The van der Waals surface area contributed by atoms with Crippen LogP contribution in [-0.4, -0.2) is 68.8 Å². The van der Waals surface area contributed by atoms with E-state index in [-0.39, 0.29) is 5.54 Å². The first-order chi connectivity index (χ1) is 8.14. The molecule has 1 rings (SSSR count). The van der Waals surface area contributed by atoms with Crippen molar-refractivity contribution in [1.29, 1.82) is 0 Å². The van der Waals surface area contributed by atoms with Crippen molar-refractivity contribution in [3.8, 4) is 0 Å². The lowest BCUT2D eigenvalue weighted by Gasteiger charge is -2.45. The summed E-state index contributed by atoms with van der Waals surface area (Å²) < 4.78 is 5.47. The smallest absolute Gasteiger partial charge is 0.0484 e. The van der Waals surface area contributed by atoms with Crippen LogP contribution < -0.4 is 5.73 Å². The minimum Gasteiger partial charge on any atom is -0.381 e. The predicted molar refractivity (Wildman–Crippen MR) is 72.3 cm³/mol. The van der Waals surface area contributed by atoms with Crippen molar-refractivity contribution in [1.82, 2.24) is 9.80 Å². The fourth-order valence-corrected chi connectivity index (χ4v) is 2.71. The van der Waals surface area contributed by atoms with E-state index in [9.17, 15) is 0 Å². The molecule has 0 radical (unpaired) electrons. The Balaban J connectivity index is 2.50. The van der Waals surface area contributed by atoms with E-state index in [1.807, 2.05) is 0 Å². The topological polar surface area (TPSA) is 41.7 Å². The van der Waals surface area contributed by atoms with E-state index in [1.54, 1.807) is 0 Å². The van der Waals surface area contributed by atoms with Crippen molar-refractivity contribution < 1.29 is 4.74 Å². The van der Waals surface area contributed by atoms with E-state index < -0.39 is 0 Å². The van der Waals surface area contributed by atoms with Gasteiger partial charge in [-0.05, 0) is 53.0 Å². The zero-order valence-electron chi connectivity index (χ0n) is 11.7. The van der Waals surface area contributed by atoms with Crippen LogP contribution in [0.3, 0.4) is 0 Å². The Bertz CT molecular complexity index is 203. The van der Waals surface area contributed by atoms with Crippen molar-refractivity contribution in [2.75, 3.05) is 53.5 Å². The van der Waals surface area contributed by atoms with E-state index in [4.69, 9.17) is 10.5 Å². The Morgan fingerprint density at radius 1 is 1.18 bits per heavy atom. The van der Waals surface area contributed by atoms with Crippen LogP contribution in [0.5, 0.6) is 0 Å². The summed E-state index contributed by atoms with van der Waals surface area (Å²) in [6.07, 6.45) is 3.38. The molecule has 1 aliphatic heterocycles. The van der Waals surface area contributed by atoms with Crippen molar-refractivity contribution in [3.63, 3.8) is 0 Å². The first-order valence-corrected chi connectivity index (χ1v) is 6.82.